The van der Waals surface area contributed by atoms with Gasteiger partial charge in [0.25, 0.3) is 0 Å². The first-order chi connectivity index (χ1) is 47.0. The van der Waals surface area contributed by atoms with E-state index in [1.807, 2.05) is 0 Å². The summed E-state index contributed by atoms with van der Waals surface area (Å²) >= 11 is 28.6. The lowest BCUT2D eigenvalue weighted by molar-refractivity contribution is -0.238. The molecule has 8 fully saturated rings. The number of alkyl halides is 3. The molecule has 8 saturated heterocycles. The molecule has 0 aromatic carbocycles. The molecule has 2 N–H and O–H groups in total. The highest BCUT2D eigenvalue weighted by atomic mass is 79.9. The maximum absolute atomic E-state index is 12.7. The van der Waals surface area contributed by atoms with Crippen molar-refractivity contribution in [3.8, 4) is 11.8 Å². The average Bonchev–Trinajstić information content (AvgIpc) is 1.54. The summed E-state index contributed by atoms with van der Waals surface area (Å²) in [5, 5.41) is 20.9. The molecule has 0 radical (unpaired) electrons. The van der Waals surface area contributed by atoms with Crippen molar-refractivity contribution in [2.24, 2.45) is 23.7 Å². The zero-order valence-corrected chi connectivity index (χ0v) is 67.9. The van der Waals surface area contributed by atoms with Crippen LogP contribution in [-0.4, -0.2) is 174 Å². The highest BCUT2D eigenvalue weighted by molar-refractivity contribution is 9.12. The van der Waals surface area contributed by atoms with E-state index in [2.05, 4.69) is 162 Å². The van der Waals surface area contributed by atoms with Gasteiger partial charge in [-0.05, 0) is 146 Å². The largest absolute Gasteiger partial charge is 0.489 e. The Morgan fingerprint density at radius 3 is 1.20 bits per heavy atom. The standard InChI is InChI=1S/C28H46BrClO4Si.2C21H30BrClO5.3CO2.CH4/c1-10-23-14-16-24-26(32-23)19(3)20(4)27(33-24)25(34-35(8,9)28(5,6)7)15-13-22(31)12-11-21(30)17-18(2)29;2*1-4-15-7-8-16-19(26-15)12(3)20-21(27-16)18(25)17(28-20)10-14(24)6-5-13(23)9-11(2)22;3*2-1-3;/h19-21,23-27H,2,10-12,14,16-17H2,1,3-9H3;2*10,12-13,15-16,18-21,25H,2,4-9H2,1,3H3;;;;1H4/b;17-10+;17-10-;;;;/t19-,20+,21-,23+,24+,25+,26-,27?;2*12-,13+,15-,16-,18-,19+,20-,21?;;;;/m100..../s1. The van der Waals surface area contributed by atoms with Crippen molar-refractivity contribution in [3.63, 3.8) is 0 Å². The van der Waals surface area contributed by atoms with Gasteiger partial charge >= 0.3 is 18.5 Å². The number of hydrogen-bond donors (Lipinski definition) is 2. The number of carbonyl (C=O) groups excluding carboxylic acids is 9. The van der Waals surface area contributed by atoms with Gasteiger partial charge in [0.2, 0.25) is 5.78 Å². The molecule has 20 nitrogen and oxygen atoms in total. The van der Waals surface area contributed by atoms with E-state index in [1.165, 1.54) is 12.2 Å². The number of aliphatic hydroxyl groups is 2. The highest BCUT2D eigenvalue weighted by Crippen LogP contribution is 2.47. The van der Waals surface area contributed by atoms with E-state index in [0.29, 0.717) is 81.3 Å². The Labute approximate surface area is 640 Å². The molecule has 24 atom stereocenters. The summed E-state index contributed by atoms with van der Waals surface area (Å²) in [6.45, 7) is 37.5. The fraction of sp³-hybridized carbons (Fsp3) is 0.757. The fourth-order valence-corrected chi connectivity index (χ4v) is 17.1. The van der Waals surface area contributed by atoms with E-state index in [-0.39, 0.29) is 149 Å². The molecule has 8 aliphatic heterocycles. The number of ketones is 3. The molecule has 0 saturated carbocycles. The maximum atomic E-state index is 12.7. The van der Waals surface area contributed by atoms with Crippen LogP contribution in [0.4, 0.5) is 0 Å². The van der Waals surface area contributed by atoms with Gasteiger partial charge in [0.1, 0.15) is 54.2 Å². The number of fused-ring (bicyclic) bond motifs is 5. The quantitative estimate of drug-likeness (QED) is 0.0316. The second kappa shape index (κ2) is 46.4. The maximum Gasteiger partial charge on any atom is 0.373 e. The van der Waals surface area contributed by atoms with Gasteiger partial charge in [-0.2, -0.15) is 28.8 Å². The van der Waals surface area contributed by atoms with Gasteiger partial charge in [0, 0.05) is 59.4 Å². The molecule has 0 aromatic rings. The third-order valence-corrected chi connectivity index (χ3v) is 26.6. The second-order valence-electron chi connectivity index (χ2n) is 28.4. The predicted molar refractivity (Wildman–Crippen MR) is 396 cm³/mol. The number of hydrogen-bond acceptors (Lipinski definition) is 20. The molecule has 0 bridgehead atoms. The zero-order valence-electron chi connectivity index (χ0n) is 59.9. The van der Waals surface area contributed by atoms with Gasteiger partial charge in [-0.15, -0.1) is 34.8 Å². The van der Waals surface area contributed by atoms with Crippen LogP contribution in [0.2, 0.25) is 18.1 Å². The number of halogens is 6. The summed E-state index contributed by atoms with van der Waals surface area (Å²) in [5.41, 5.74) is 0. The molecule has 0 spiro atoms. The Morgan fingerprint density at radius 2 is 0.871 bits per heavy atom. The van der Waals surface area contributed by atoms with E-state index in [4.69, 9.17) is 106 Å². The van der Waals surface area contributed by atoms with Crippen molar-refractivity contribution in [2.75, 3.05) is 0 Å². The van der Waals surface area contributed by atoms with Crippen molar-refractivity contribution in [1.82, 2.24) is 0 Å². The lowest BCUT2D eigenvalue weighted by Crippen LogP contribution is -2.58. The molecule has 572 valence electrons. The molecule has 0 aliphatic carbocycles. The first-order valence-corrected chi connectivity index (χ1v) is 41.3. The minimum atomic E-state index is -2.15. The minimum Gasteiger partial charge on any atom is -0.489 e. The van der Waals surface area contributed by atoms with E-state index in [1.54, 1.807) is 0 Å². The lowest BCUT2D eigenvalue weighted by Gasteiger charge is -2.50. The van der Waals surface area contributed by atoms with Gasteiger partial charge in [0.15, 0.2) is 19.9 Å². The molecule has 27 heteroatoms. The molecule has 101 heavy (non-hydrogen) atoms. The number of rotatable bonds is 23. The van der Waals surface area contributed by atoms with Crippen LogP contribution in [0.3, 0.4) is 0 Å². The first kappa shape index (κ1) is 94.3. The van der Waals surface area contributed by atoms with Crippen molar-refractivity contribution >= 4 is 127 Å². The summed E-state index contributed by atoms with van der Waals surface area (Å²) < 4.78 is 59.1. The van der Waals surface area contributed by atoms with Crippen molar-refractivity contribution < 1.29 is 95.7 Å². The SMILES string of the molecule is C.C=C(Br)C[C@H](Cl)CCC(=O)/C=C1/O[C@@H]2C(O[C@H]3CC[C@H](CC)O[C@@H]3[C@@H]2C)[C@H]1O.C=C(Br)C[C@H](Cl)CCC(=O)/C=C1\O[C@@H]2C(O[C@H]3CC[C@H](CC)O[C@@H]3[C@@H]2C)[C@H]1O.C=C(Br)C[C@H](Cl)CCC(=O)C#C[C@H](O[Si](C)(C)C(C)(C)C)C1O[C@H]2CC[C@H](CC)O[C@@H]2[C@H](C)[C@@H]1C.O=C=O.O=C=O.O=C=O. The van der Waals surface area contributed by atoms with Gasteiger partial charge < -0.3 is 52.5 Å². The van der Waals surface area contributed by atoms with E-state index >= 15 is 0 Å². The molecule has 0 aromatic heterocycles. The number of allylic oxidation sites excluding steroid dienone is 5. The van der Waals surface area contributed by atoms with Crippen LogP contribution in [0, 0.1) is 35.5 Å². The Kier molecular flexibility index (Phi) is 43.3. The molecule has 0 amide bonds. The first-order valence-electron chi connectivity index (χ1n) is 34.7. The average molecular weight is 1690 g/mol. The number of carbonyl (C=O) groups is 3. The summed E-state index contributed by atoms with van der Waals surface area (Å²) in [6, 6.07) is 0. The number of aliphatic hydroxyl groups excluding tert-OH is 2. The van der Waals surface area contributed by atoms with Crippen LogP contribution in [0.1, 0.15) is 192 Å². The molecular weight excluding hydrogens is 1580 g/mol. The van der Waals surface area contributed by atoms with Crippen LogP contribution in [0.15, 0.2) is 56.9 Å². The number of Topliss-reactive ketones (excluding diaryl/α,β-unsaturated/α-hetero) is 1. The van der Waals surface area contributed by atoms with E-state index < -0.39 is 38.8 Å². The molecular formula is C74H110Br3Cl3O20Si. The summed E-state index contributed by atoms with van der Waals surface area (Å²) in [4.78, 5) is 86.1. The van der Waals surface area contributed by atoms with Crippen LogP contribution >= 0.6 is 82.6 Å². The molecule has 8 rings (SSSR count). The van der Waals surface area contributed by atoms with Crippen LogP contribution in [0.25, 0.3) is 0 Å². The number of ether oxygens (including phenoxy) is 8. The Balaban J connectivity index is 0.000000486. The summed E-state index contributed by atoms with van der Waals surface area (Å²) in [7, 11) is -2.15. The van der Waals surface area contributed by atoms with Gasteiger partial charge in [-0.25, -0.2) is 0 Å². The van der Waals surface area contributed by atoms with Crippen LogP contribution in [0.5, 0.6) is 0 Å². The normalized spacial score (nSPS) is 33.0. The van der Waals surface area contributed by atoms with Gasteiger partial charge in [-0.1, -0.05) is 150 Å². The molecule has 8 aliphatic rings. The van der Waals surface area contributed by atoms with Crippen LogP contribution < -0.4 is 0 Å². The molecule has 3 unspecified atom stereocenters. The minimum absolute atomic E-state index is 0. The van der Waals surface area contributed by atoms with E-state index in [0.717, 1.165) is 71.2 Å². The summed E-state index contributed by atoms with van der Waals surface area (Å²) in [5.74, 6) is 7.09. The topological polar surface area (TPSA) is 277 Å². The van der Waals surface area contributed by atoms with Crippen molar-refractivity contribution in [1.29, 1.82) is 0 Å². The molecule has 8 heterocycles. The monoisotopic (exact) mass is 1690 g/mol. The summed E-state index contributed by atoms with van der Waals surface area (Å²) in [6.07, 6.45) is 13.7. The van der Waals surface area contributed by atoms with Crippen molar-refractivity contribution in [2.45, 2.75) is 330 Å². The van der Waals surface area contributed by atoms with Crippen LogP contribution in [-0.2, 0) is 85.5 Å². The fourth-order valence-electron chi connectivity index (χ4n) is 13.3. The highest BCUT2D eigenvalue weighted by Gasteiger charge is 2.57. The smallest absolute Gasteiger partial charge is 0.373 e. The second-order valence-corrected chi connectivity index (χ2v) is 38.3. The van der Waals surface area contributed by atoms with Gasteiger partial charge in [0.05, 0.1) is 61.0 Å². The van der Waals surface area contributed by atoms with E-state index in [9.17, 15) is 24.6 Å². The Bertz CT molecular complexity index is 2760. The lowest BCUT2D eigenvalue weighted by atomic mass is 9.77. The van der Waals surface area contributed by atoms with Gasteiger partial charge in [-0.3, -0.25) is 14.4 Å². The zero-order chi connectivity index (χ0) is 75.5. The predicted octanol–water partition coefficient (Wildman–Crippen LogP) is 15.0. The third kappa shape index (κ3) is 29.7. The Morgan fingerprint density at radius 1 is 0.545 bits per heavy atom. The van der Waals surface area contributed by atoms with Crippen molar-refractivity contribution in [3.05, 3.63) is 56.9 Å². The Hall–Kier alpha value is -2.82. The third-order valence-electron chi connectivity index (χ3n) is 20.1.